The van der Waals surface area contributed by atoms with Gasteiger partial charge in [0.15, 0.2) is 0 Å². The largest absolute Gasteiger partial charge is 0.368 e. The topological polar surface area (TPSA) is 62.7 Å². The zero-order valence-electron chi connectivity index (χ0n) is 19.7. The van der Waals surface area contributed by atoms with E-state index in [1.807, 2.05) is 15.9 Å². The number of likely N-dealkylation sites (tertiary alicyclic amines) is 1. The smallest absolute Gasteiger partial charge is 0.252 e. The van der Waals surface area contributed by atoms with Crippen molar-refractivity contribution in [3.8, 4) is 10.6 Å². The first-order valence-electron chi connectivity index (χ1n) is 12.2. The summed E-state index contributed by atoms with van der Waals surface area (Å²) in [6, 6.07) is 12.6. The normalized spacial score (nSPS) is 18.2. The molecule has 0 radical (unpaired) electrons. The van der Waals surface area contributed by atoms with Crippen molar-refractivity contribution >= 4 is 34.1 Å². The number of fused-ring (bicyclic) bond motifs is 1. The highest BCUT2D eigenvalue weighted by molar-refractivity contribution is 7.13. The third-order valence-electron chi connectivity index (χ3n) is 6.71. The van der Waals surface area contributed by atoms with Gasteiger partial charge in [-0.05, 0) is 67.8 Å². The van der Waals surface area contributed by atoms with Crippen molar-refractivity contribution in [1.29, 1.82) is 0 Å². The molecule has 3 aromatic rings. The maximum Gasteiger partial charge on any atom is 0.252 e. The number of amides is 2. The van der Waals surface area contributed by atoms with Crippen LogP contribution in [0.4, 0.5) is 0 Å². The Bertz CT molecular complexity index is 1170. The molecule has 2 fully saturated rings. The lowest BCUT2D eigenvalue weighted by atomic mass is 10.0. The van der Waals surface area contributed by atoms with Crippen LogP contribution in [-0.2, 0) is 20.9 Å². The first-order chi connectivity index (χ1) is 16.6. The summed E-state index contributed by atoms with van der Waals surface area (Å²) in [6.45, 7) is 5.33. The van der Waals surface area contributed by atoms with Crippen LogP contribution in [0.15, 0.2) is 41.8 Å². The number of nitrogens with zero attached hydrogens (tertiary/aromatic N) is 3. The number of thiophene rings is 1. The van der Waals surface area contributed by atoms with Crippen molar-refractivity contribution < 1.29 is 14.3 Å². The Labute approximate surface area is 204 Å². The number of aromatic nitrogens is 1. The van der Waals surface area contributed by atoms with E-state index in [4.69, 9.17) is 9.72 Å². The Hall–Kier alpha value is -2.77. The first kappa shape index (κ1) is 23.0. The summed E-state index contributed by atoms with van der Waals surface area (Å²) in [5.41, 5.74) is 4.13. The molecule has 6 nitrogen and oxygen atoms in total. The highest BCUT2D eigenvalue weighted by atomic mass is 32.1. The van der Waals surface area contributed by atoms with Crippen molar-refractivity contribution in [1.82, 2.24) is 14.8 Å². The van der Waals surface area contributed by atoms with Gasteiger partial charge in [-0.3, -0.25) is 9.59 Å². The number of ether oxygens (including phenoxy) is 1. The van der Waals surface area contributed by atoms with E-state index in [1.54, 1.807) is 11.3 Å². The highest BCUT2D eigenvalue weighted by Crippen LogP contribution is 2.31. The minimum atomic E-state index is -0.366. The number of aryl methyl sites for hydroxylation is 1. The number of hydrogen-bond donors (Lipinski definition) is 0. The molecule has 2 amide bonds. The summed E-state index contributed by atoms with van der Waals surface area (Å²) in [6.07, 6.45) is 3.67. The molecule has 0 unspecified atom stereocenters. The lowest BCUT2D eigenvalue weighted by Gasteiger charge is -2.27. The van der Waals surface area contributed by atoms with Gasteiger partial charge in [0.05, 0.1) is 16.1 Å². The molecule has 2 aliphatic rings. The van der Waals surface area contributed by atoms with Crippen LogP contribution in [0.3, 0.4) is 0 Å². The summed E-state index contributed by atoms with van der Waals surface area (Å²) in [5.74, 6) is 0.276. The maximum atomic E-state index is 13.5. The van der Waals surface area contributed by atoms with Crippen LogP contribution in [-0.4, -0.2) is 58.9 Å². The van der Waals surface area contributed by atoms with Gasteiger partial charge < -0.3 is 14.5 Å². The van der Waals surface area contributed by atoms with Crippen LogP contribution in [0, 0.1) is 6.92 Å². The predicted octanol–water partition coefficient (Wildman–Crippen LogP) is 4.79. The quantitative estimate of drug-likeness (QED) is 0.468. The SMILES string of the molecule is Cc1ccc2nc(-c3cccs3)c(CN(CCCN3CCCC3=O)C(=O)[C@@H]3CCCO3)cc2c1. The summed E-state index contributed by atoms with van der Waals surface area (Å²) >= 11 is 1.66. The number of benzene rings is 1. The van der Waals surface area contributed by atoms with Crippen LogP contribution in [0.2, 0.25) is 0 Å². The summed E-state index contributed by atoms with van der Waals surface area (Å²) < 4.78 is 5.75. The van der Waals surface area contributed by atoms with Crippen molar-refractivity contribution in [3.05, 3.63) is 52.9 Å². The second kappa shape index (κ2) is 10.2. The van der Waals surface area contributed by atoms with E-state index < -0.39 is 0 Å². The molecule has 34 heavy (non-hydrogen) atoms. The second-order valence-electron chi connectivity index (χ2n) is 9.27. The molecule has 0 bridgehead atoms. The van der Waals surface area contributed by atoms with E-state index in [0.29, 0.717) is 32.7 Å². The number of pyridine rings is 1. The maximum absolute atomic E-state index is 13.5. The third kappa shape index (κ3) is 5.00. The molecular formula is C27H31N3O3S. The van der Waals surface area contributed by atoms with Gasteiger partial charge in [0.1, 0.15) is 6.10 Å². The van der Waals surface area contributed by atoms with E-state index in [1.165, 1.54) is 5.56 Å². The molecule has 2 aliphatic heterocycles. The Morgan fingerprint density at radius 2 is 2.18 bits per heavy atom. The molecule has 4 heterocycles. The van der Waals surface area contributed by atoms with Crippen LogP contribution < -0.4 is 0 Å². The van der Waals surface area contributed by atoms with Crippen LogP contribution in [0.5, 0.6) is 0 Å². The average molecular weight is 478 g/mol. The Balaban J connectivity index is 1.43. The van der Waals surface area contributed by atoms with E-state index in [9.17, 15) is 9.59 Å². The van der Waals surface area contributed by atoms with Crippen molar-refractivity contribution in [2.24, 2.45) is 0 Å². The fourth-order valence-corrected chi connectivity index (χ4v) is 5.68. The summed E-state index contributed by atoms with van der Waals surface area (Å²) in [4.78, 5) is 35.4. The van der Waals surface area contributed by atoms with E-state index >= 15 is 0 Å². The highest BCUT2D eigenvalue weighted by Gasteiger charge is 2.29. The molecule has 1 aromatic carbocycles. The minimum Gasteiger partial charge on any atom is -0.368 e. The van der Waals surface area contributed by atoms with Gasteiger partial charge in [0, 0.05) is 44.6 Å². The molecule has 0 N–H and O–H groups in total. The molecule has 2 saturated heterocycles. The van der Waals surface area contributed by atoms with Crippen LogP contribution in [0.1, 0.15) is 43.2 Å². The molecule has 178 valence electrons. The van der Waals surface area contributed by atoms with E-state index in [2.05, 4.69) is 42.6 Å². The summed E-state index contributed by atoms with van der Waals surface area (Å²) in [5, 5.41) is 3.14. The zero-order chi connectivity index (χ0) is 23.5. The van der Waals surface area contributed by atoms with Gasteiger partial charge in [-0.1, -0.05) is 17.7 Å². The Morgan fingerprint density at radius 3 is 2.91 bits per heavy atom. The lowest BCUT2D eigenvalue weighted by molar-refractivity contribution is -0.141. The molecule has 0 saturated carbocycles. The van der Waals surface area contributed by atoms with Crippen molar-refractivity contribution in [3.63, 3.8) is 0 Å². The van der Waals surface area contributed by atoms with Gasteiger partial charge in [-0.25, -0.2) is 4.98 Å². The second-order valence-corrected chi connectivity index (χ2v) is 10.2. The molecule has 1 atom stereocenters. The van der Waals surface area contributed by atoms with Gasteiger partial charge in [0.25, 0.3) is 5.91 Å². The lowest BCUT2D eigenvalue weighted by Crippen LogP contribution is -2.40. The van der Waals surface area contributed by atoms with Gasteiger partial charge in [-0.15, -0.1) is 11.3 Å². The molecule has 0 aliphatic carbocycles. The van der Waals surface area contributed by atoms with Crippen LogP contribution >= 0.6 is 11.3 Å². The third-order valence-corrected chi connectivity index (χ3v) is 7.59. The first-order valence-corrected chi connectivity index (χ1v) is 13.1. The Morgan fingerprint density at radius 1 is 1.26 bits per heavy atom. The standard InChI is InChI=1S/C27H31N3O3S/c1-19-9-10-22-20(16-19)17-21(26(28-22)24-7-4-15-34-24)18-30(27(32)23-6-3-14-33-23)13-5-12-29-11-2-8-25(29)31/h4,7,9-10,15-17,23H,2-3,5-6,8,11-14,18H2,1H3/t23-/m0/s1. The number of hydrogen-bond acceptors (Lipinski definition) is 5. The molecule has 5 rings (SSSR count). The number of carbonyl (C=O) groups is 2. The van der Waals surface area contributed by atoms with Gasteiger partial charge >= 0.3 is 0 Å². The molecule has 2 aromatic heterocycles. The van der Waals surface area contributed by atoms with Gasteiger partial charge in [0.2, 0.25) is 5.91 Å². The minimum absolute atomic E-state index is 0.0479. The average Bonchev–Trinajstić information content (AvgIpc) is 3.61. The Kier molecular flexibility index (Phi) is 6.92. The van der Waals surface area contributed by atoms with Crippen molar-refractivity contribution in [2.75, 3.05) is 26.2 Å². The molecule has 0 spiro atoms. The van der Waals surface area contributed by atoms with Crippen LogP contribution in [0.25, 0.3) is 21.5 Å². The zero-order valence-corrected chi connectivity index (χ0v) is 20.5. The number of carbonyl (C=O) groups excluding carboxylic acids is 2. The predicted molar refractivity (Wildman–Crippen MR) is 135 cm³/mol. The monoisotopic (exact) mass is 477 g/mol. The number of rotatable bonds is 8. The van der Waals surface area contributed by atoms with Gasteiger partial charge in [-0.2, -0.15) is 0 Å². The van der Waals surface area contributed by atoms with E-state index in [0.717, 1.165) is 59.3 Å². The molecular weight excluding hydrogens is 446 g/mol. The molecule has 7 heteroatoms. The fourth-order valence-electron chi connectivity index (χ4n) is 4.93. The van der Waals surface area contributed by atoms with Crippen molar-refractivity contribution in [2.45, 2.75) is 51.7 Å². The van der Waals surface area contributed by atoms with E-state index in [-0.39, 0.29) is 17.9 Å². The summed E-state index contributed by atoms with van der Waals surface area (Å²) in [7, 11) is 0. The fraction of sp³-hybridized carbons (Fsp3) is 0.444.